The lowest BCUT2D eigenvalue weighted by molar-refractivity contribution is 0.276. The second kappa shape index (κ2) is 8.49. The molecule has 0 amide bonds. The lowest BCUT2D eigenvalue weighted by Crippen LogP contribution is -2.03. The van der Waals surface area contributed by atoms with E-state index in [2.05, 4.69) is 48.4 Å². The standard InChI is InChI=1S/C18H25N3O/c1-3-4-5-6-13-21-18(17(14-22)19-20-21)12-11-16-9-7-15(2)8-10-16/h7-12,22H,3-6,13-14H2,1-2H3/b12-11+. The van der Waals surface area contributed by atoms with Crippen molar-refractivity contribution in [3.8, 4) is 0 Å². The quantitative estimate of drug-likeness (QED) is 0.754. The van der Waals surface area contributed by atoms with E-state index in [1.54, 1.807) is 0 Å². The summed E-state index contributed by atoms with van der Waals surface area (Å²) in [5, 5.41) is 17.7. The molecule has 0 aliphatic carbocycles. The van der Waals surface area contributed by atoms with Crippen LogP contribution in [0.1, 0.15) is 55.1 Å². The van der Waals surface area contributed by atoms with Gasteiger partial charge in [-0.2, -0.15) is 0 Å². The number of aryl methyl sites for hydroxylation is 2. The molecule has 0 aliphatic heterocycles. The van der Waals surface area contributed by atoms with Crippen LogP contribution >= 0.6 is 0 Å². The minimum Gasteiger partial charge on any atom is -0.390 e. The average Bonchev–Trinajstić information content (AvgIpc) is 2.93. The maximum atomic E-state index is 9.43. The summed E-state index contributed by atoms with van der Waals surface area (Å²) >= 11 is 0. The van der Waals surface area contributed by atoms with E-state index < -0.39 is 0 Å². The molecule has 118 valence electrons. The van der Waals surface area contributed by atoms with Crippen molar-refractivity contribution in [2.24, 2.45) is 0 Å². The van der Waals surface area contributed by atoms with E-state index in [1.807, 2.05) is 16.8 Å². The van der Waals surface area contributed by atoms with Gasteiger partial charge >= 0.3 is 0 Å². The number of hydrogen-bond donors (Lipinski definition) is 1. The molecule has 4 nitrogen and oxygen atoms in total. The highest BCUT2D eigenvalue weighted by Gasteiger charge is 2.08. The maximum Gasteiger partial charge on any atom is 0.115 e. The first-order chi connectivity index (χ1) is 10.7. The van der Waals surface area contributed by atoms with Crippen molar-refractivity contribution in [1.82, 2.24) is 15.0 Å². The van der Waals surface area contributed by atoms with Crippen LogP contribution in [-0.2, 0) is 13.2 Å². The Morgan fingerprint density at radius 1 is 1.09 bits per heavy atom. The number of hydrogen-bond acceptors (Lipinski definition) is 3. The molecule has 22 heavy (non-hydrogen) atoms. The van der Waals surface area contributed by atoms with Crippen molar-refractivity contribution in [2.75, 3.05) is 0 Å². The Morgan fingerprint density at radius 2 is 1.86 bits per heavy atom. The van der Waals surface area contributed by atoms with Crippen LogP contribution in [0, 0.1) is 6.92 Å². The topological polar surface area (TPSA) is 50.9 Å². The van der Waals surface area contributed by atoms with Gasteiger partial charge in [-0.25, -0.2) is 4.68 Å². The van der Waals surface area contributed by atoms with E-state index in [0.29, 0.717) is 5.69 Å². The first-order valence-electron chi connectivity index (χ1n) is 8.02. The van der Waals surface area contributed by atoms with Crippen molar-refractivity contribution in [3.05, 3.63) is 46.8 Å². The number of benzene rings is 1. The van der Waals surface area contributed by atoms with Crippen LogP contribution in [0.15, 0.2) is 24.3 Å². The van der Waals surface area contributed by atoms with Gasteiger partial charge in [-0.15, -0.1) is 5.10 Å². The van der Waals surface area contributed by atoms with E-state index in [0.717, 1.165) is 24.2 Å². The molecule has 0 fully saturated rings. The minimum atomic E-state index is -0.0808. The van der Waals surface area contributed by atoms with Crippen LogP contribution in [-0.4, -0.2) is 20.1 Å². The average molecular weight is 299 g/mol. The Hall–Kier alpha value is -1.94. The zero-order valence-corrected chi connectivity index (χ0v) is 13.5. The van der Waals surface area contributed by atoms with Gasteiger partial charge < -0.3 is 5.11 Å². The SMILES string of the molecule is CCCCCCn1nnc(CO)c1/C=C/c1ccc(C)cc1. The zero-order chi connectivity index (χ0) is 15.8. The Balaban J connectivity index is 2.10. The molecule has 0 saturated heterocycles. The smallest absolute Gasteiger partial charge is 0.115 e. The molecule has 1 aromatic carbocycles. The molecule has 0 saturated carbocycles. The third-order valence-electron chi connectivity index (χ3n) is 3.73. The van der Waals surface area contributed by atoms with Gasteiger partial charge in [0.25, 0.3) is 0 Å². The number of aliphatic hydroxyl groups excluding tert-OH is 1. The predicted octanol–water partition coefficient (Wildman–Crippen LogP) is 3.83. The number of aromatic nitrogens is 3. The summed E-state index contributed by atoms with van der Waals surface area (Å²) in [6.07, 6.45) is 8.80. The fourth-order valence-corrected chi connectivity index (χ4v) is 2.36. The Bertz CT molecular complexity index is 599. The Labute approximate surface area is 132 Å². The highest BCUT2D eigenvalue weighted by Crippen LogP contribution is 2.13. The summed E-state index contributed by atoms with van der Waals surface area (Å²) in [6.45, 7) is 5.05. The molecule has 1 aromatic heterocycles. The van der Waals surface area contributed by atoms with Crippen LogP contribution < -0.4 is 0 Å². The molecule has 1 heterocycles. The summed E-state index contributed by atoms with van der Waals surface area (Å²) in [6, 6.07) is 8.35. The van der Waals surface area contributed by atoms with Crippen LogP contribution in [0.25, 0.3) is 12.2 Å². The fraction of sp³-hybridized carbons (Fsp3) is 0.444. The van der Waals surface area contributed by atoms with E-state index in [-0.39, 0.29) is 6.61 Å². The molecule has 0 spiro atoms. The molecule has 1 N–H and O–H groups in total. The van der Waals surface area contributed by atoms with Crippen molar-refractivity contribution >= 4 is 12.2 Å². The monoisotopic (exact) mass is 299 g/mol. The van der Waals surface area contributed by atoms with Crippen molar-refractivity contribution in [1.29, 1.82) is 0 Å². The van der Waals surface area contributed by atoms with Gasteiger partial charge in [0.15, 0.2) is 0 Å². The van der Waals surface area contributed by atoms with Crippen LogP contribution in [0.2, 0.25) is 0 Å². The highest BCUT2D eigenvalue weighted by atomic mass is 16.3. The Kier molecular flexibility index (Phi) is 6.34. The second-order valence-corrected chi connectivity index (χ2v) is 5.61. The van der Waals surface area contributed by atoms with Crippen LogP contribution in [0.5, 0.6) is 0 Å². The van der Waals surface area contributed by atoms with Crippen LogP contribution in [0.4, 0.5) is 0 Å². The molecule has 2 rings (SSSR count). The van der Waals surface area contributed by atoms with Gasteiger partial charge in [-0.05, 0) is 25.0 Å². The van der Waals surface area contributed by atoms with Crippen molar-refractivity contribution in [3.63, 3.8) is 0 Å². The number of nitrogens with zero attached hydrogens (tertiary/aromatic N) is 3. The molecule has 0 bridgehead atoms. The summed E-state index contributed by atoms with van der Waals surface area (Å²) in [5.74, 6) is 0. The third kappa shape index (κ3) is 4.53. The van der Waals surface area contributed by atoms with E-state index in [9.17, 15) is 5.11 Å². The second-order valence-electron chi connectivity index (χ2n) is 5.61. The van der Waals surface area contributed by atoms with Gasteiger partial charge in [0, 0.05) is 6.54 Å². The largest absolute Gasteiger partial charge is 0.390 e. The molecule has 0 radical (unpaired) electrons. The van der Waals surface area contributed by atoms with Crippen molar-refractivity contribution in [2.45, 2.75) is 52.7 Å². The van der Waals surface area contributed by atoms with Crippen molar-refractivity contribution < 1.29 is 5.11 Å². The van der Waals surface area contributed by atoms with Crippen LogP contribution in [0.3, 0.4) is 0 Å². The summed E-state index contributed by atoms with van der Waals surface area (Å²) in [5.41, 5.74) is 3.92. The molecule has 4 heteroatoms. The Morgan fingerprint density at radius 3 is 2.55 bits per heavy atom. The lowest BCUT2D eigenvalue weighted by atomic mass is 10.1. The van der Waals surface area contributed by atoms with Gasteiger partial charge in [0.05, 0.1) is 12.3 Å². The number of aliphatic hydroxyl groups is 1. The first-order valence-corrected chi connectivity index (χ1v) is 8.02. The fourth-order valence-electron chi connectivity index (χ4n) is 2.36. The lowest BCUT2D eigenvalue weighted by Gasteiger charge is -2.04. The molecule has 0 unspecified atom stereocenters. The van der Waals surface area contributed by atoms with E-state index in [4.69, 9.17) is 0 Å². The summed E-state index contributed by atoms with van der Waals surface area (Å²) < 4.78 is 1.89. The number of unbranched alkanes of at least 4 members (excludes halogenated alkanes) is 3. The van der Waals surface area contributed by atoms with Gasteiger partial charge in [0.2, 0.25) is 0 Å². The molecular weight excluding hydrogens is 274 g/mol. The third-order valence-corrected chi connectivity index (χ3v) is 3.73. The van der Waals surface area contributed by atoms with Gasteiger partial charge in [-0.3, -0.25) is 0 Å². The highest BCUT2D eigenvalue weighted by molar-refractivity contribution is 5.69. The van der Waals surface area contributed by atoms with E-state index in [1.165, 1.54) is 24.8 Å². The normalized spacial score (nSPS) is 11.4. The minimum absolute atomic E-state index is 0.0808. The molecular formula is C18H25N3O. The van der Waals surface area contributed by atoms with Gasteiger partial charge in [0.1, 0.15) is 5.69 Å². The molecule has 0 aliphatic rings. The molecule has 2 aromatic rings. The van der Waals surface area contributed by atoms with E-state index >= 15 is 0 Å². The maximum absolute atomic E-state index is 9.43. The zero-order valence-electron chi connectivity index (χ0n) is 13.5. The first kappa shape index (κ1) is 16.4. The van der Waals surface area contributed by atoms with Gasteiger partial charge in [-0.1, -0.05) is 67.3 Å². The molecule has 0 atom stereocenters. The summed E-state index contributed by atoms with van der Waals surface area (Å²) in [7, 11) is 0. The summed E-state index contributed by atoms with van der Waals surface area (Å²) in [4.78, 5) is 0. The number of rotatable bonds is 8. The predicted molar refractivity (Wildman–Crippen MR) is 90.2 cm³/mol.